The first-order valence-electron chi connectivity index (χ1n) is 8.54. The predicted octanol–water partition coefficient (Wildman–Crippen LogP) is 3.01. The molecule has 1 fully saturated rings. The average Bonchev–Trinajstić information content (AvgIpc) is 3.05. The molecular weight excluding hydrogens is 330 g/mol. The van der Waals surface area contributed by atoms with Gasteiger partial charge in [0.1, 0.15) is 0 Å². The molecule has 1 heterocycles. The van der Waals surface area contributed by atoms with E-state index in [9.17, 15) is 14.4 Å². The van der Waals surface area contributed by atoms with Gasteiger partial charge in [-0.25, -0.2) is 0 Å². The summed E-state index contributed by atoms with van der Waals surface area (Å²) in [5.41, 5.74) is 3.74. The molecule has 0 bridgehead atoms. The summed E-state index contributed by atoms with van der Waals surface area (Å²) in [5, 5.41) is 5.23. The van der Waals surface area contributed by atoms with Crippen LogP contribution in [0.25, 0.3) is 0 Å². The van der Waals surface area contributed by atoms with Crippen LogP contribution < -0.4 is 15.5 Å². The molecule has 2 aromatic rings. The molecule has 0 aliphatic carbocycles. The third-order valence-corrected chi connectivity index (χ3v) is 4.44. The van der Waals surface area contributed by atoms with E-state index in [1.54, 1.807) is 29.2 Å². The lowest BCUT2D eigenvalue weighted by molar-refractivity contribution is -0.133. The monoisotopic (exact) mass is 351 g/mol. The van der Waals surface area contributed by atoms with Gasteiger partial charge in [-0.05, 0) is 55.7 Å². The Kier molecular flexibility index (Phi) is 5.02. The molecular formula is C20H21N3O3. The van der Waals surface area contributed by atoms with Crippen LogP contribution in [0.15, 0.2) is 42.5 Å². The number of hydrogen-bond acceptors (Lipinski definition) is 3. The first kappa shape index (κ1) is 17.7. The van der Waals surface area contributed by atoms with Crippen molar-refractivity contribution in [2.45, 2.75) is 26.7 Å². The van der Waals surface area contributed by atoms with Gasteiger partial charge in [-0.3, -0.25) is 14.4 Å². The van der Waals surface area contributed by atoms with Gasteiger partial charge in [0, 0.05) is 30.0 Å². The van der Waals surface area contributed by atoms with E-state index in [0.717, 1.165) is 23.2 Å². The molecule has 1 aliphatic heterocycles. The second-order valence-electron chi connectivity index (χ2n) is 6.37. The normalized spacial score (nSPS) is 13.6. The van der Waals surface area contributed by atoms with Crippen molar-refractivity contribution in [3.05, 3.63) is 53.6 Å². The maximum absolute atomic E-state index is 12.2. The summed E-state index contributed by atoms with van der Waals surface area (Å²) in [5.74, 6) is -1.35. The third-order valence-electron chi connectivity index (χ3n) is 4.44. The quantitative estimate of drug-likeness (QED) is 0.835. The largest absolute Gasteiger partial charge is 0.318 e. The second-order valence-corrected chi connectivity index (χ2v) is 6.37. The molecule has 6 nitrogen and oxygen atoms in total. The fraction of sp³-hybridized carbons (Fsp3) is 0.250. The van der Waals surface area contributed by atoms with E-state index >= 15 is 0 Å². The molecule has 0 unspecified atom stereocenters. The zero-order chi connectivity index (χ0) is 18.7. The molecule has 0 saturated carbocycles. The number of nitrogens with zero attached hydrogens (tertiary/aromatic N) is 1. The summed E-state index contributed by atoms with van der Waals surface area (Å²) in [7, 11) is 0. The highest BCUT2D eigenvalue weighted by Crippen LogP contribution is 2.23. The molecule has 6 heteroatoms. The van der Waals surface area contributed by atoms with E-state index in [1.807, 2.05) is 32.0 Å². The molecule has 0 atom stereocenters. The van der Waals surface area contributed by atoms with Crippen LogP contribution in [-0.4, -0.2) is 24.3 Å². The Bertz CT molecular complexity index is 839. The van der Waals surface area contributed by atoms with Crippen molar-refractivity contribution in [2.24, 2.45) is 0 Å². The van der Waals surface area contributed by atoms with Gasteiger partial charge in [0.25, 0.3) is 0 Å². The maximum atomic E-state index is 12.2. The SMILES string of the molecule is Cc1cccc(C)c1NC(=O)C(=O)Nc1ccc(N2CCCC2=O)cc1. The average molecular weight is 351 g/mol. The highest BCUT2D eigenvalue weighted by atomic mass is 16.2. The van der Waals surface area contributed by atoms with Gasteiger partial charge >= 0.3 is 11.8 Å². The summed E-state index contributed by atoms with van der Waals surface area (Å²) in [6, 6.07) is 12.5. The van der Waals surface area contributed by atoms with Gasteiger partial charge in [-0.2, -0.15) is 0 Å². The van der Waals surface area contributed by atoms with Crippen molar-refractivity contribution in [1.29, 1.82) is 0 Å². The van der Waals surface area contributed by atoms with E-state index in [2.05, 4.69) is 10.6 Å². The number of carbonyl (C=O) groups is 3. The summed E-state index contributed by atoms with van der Waals surface area (Å²) in [6.45, 7) is 4.46. The number of hydrogen-bond donors (Lipinski definition) is 2. The van der Waals surface area contributed by atoms with Crippen LogP contribution in [-0.2, 0) is 14.4 Å². The number of carbonyl (C=O) groups excluding carboxylic acids is 3. The van der Waals surface area contributed by atoms with E-state index in [1.165, 1.54) is 0 Å². The van der Waals surface area contributed by atoms with E-state index < -0.39 is 11.8 Å². The highest BCUT2D eigenvalue weighted by molar-refractivity contribution is 6.43. The van der Waals surface area contributed by atoms with Crippen LogP contribution in [0.2, 0.25) is 0 Å². The van der Waals surface area contributed by atoms with Crippen LogP contribution in [0.1, 0.15) is 24.0 Å². The molecule has 1 saturated heterocycles. The zero-order valence-electron chi connectivity index (χ0n) is 14.8. The van der Waals surface area contributed by atoms with Crippen LogP contribution in [0, 0.1) is 13.8 Å². The van der Waals surface area contributed by atoms with Crippen LogP contribution >= 0.6 is 0 Å². The Balaban J connectivity index is 1.64. The number of nitrogens with one attached hydrogen (secondary N) is 2. The third kappa shape index (κ3) is 3.74. The van der Waals surface area contributed by atoms with E-state index in [-0.39, 0.29) is 5.91 Å². The van der Waals surface area contributed by atoms with Crippen LogP contribution in [0.5, 0.6) is 0 Å². The standard InChI is InChI=1S/C20H21N3O3/c1-13-5-3-6-14(2)18(13)22-20(26)19(25)21-15-8-10-16(11-9-15)23-12-4-7-17(23)24/h3,5-6,8-11H,4,7,12H2,1-2H3,(H,21,25)(H,22,26). The smallest absolute Gasteiger partial charge is 0.314 e. The van der Waals surface area contributed by atoms with Crippen molar-refractivity contribution < 1.29 is 14.4 Å². The fourth-order valence-electron chi connectivity index (χ4n) is 3.02. The Morgan fingerprint density at radius 2 is 1.54 bits per heavy atom. The molecule has 0 spiro atoms. The highest BCUT2D eigenvalue weighted by Gasteiger charge is 2.21. The molecule has 0 radical (unpaired) electrons. The lowest BCUT2D eigenvalue weighted by atomic mass is 10.1. The van der Waals surface area contributed by atoms with Crippen molar-refractivity contribution in [3.8, 4) is 0 Å². The predicted molar refractivity (Wildman–Crippen MR) is 101 cm³/mol. The molecule has 3 rings (SSSR count). The summed E-state index contributed by atoms with van der Waals surface area (Å²) in [6.07, 6.45) is 1.42. The Labute approximate surface area is 152 Å². The van der Waals surface area contributed by atoms with E-state index in [0.29, 0.717) is 24.3 Å². The van der Waals surface area contributed by atoms with Gasteiger partial charge in [0.15, 0.2) is 0 Å². The Hall–Kier alpha value is -3.15. The minimum atomic E-state index is -0.738. The van der Waals surface area contributed by atoms with Crippen molar-refractivity contribution in [3.63, 3.8) is 0 Å². The number of aryl methyl sites for hydroxylation is 2. The topological polar surface area (TPSA) is 78.5 Å². The zero-order valence-corrected chi connectivity index (χ0v) is 14.8. The molecule has 3 amide bonds. The number of rotatable bonds is 3. The first-order valence-corrected chi connectivity index (χ1v) is 8.54. The minimum Gasteiger partial charge on any atom is -0.318 e. The number of para-hydroxylation sites is 1. The molecule has 2 aromatic carbocycles. The van der Waals surface area contributed by atoms with Gasteiger partial charge in [0.05, 0.1) is 0 Å². The number of benzene rings is 2. The fourth-order valence-corrected chi connectivity index (χ4v) is 3.02. The molecule has 134 valence electrons. The molecule has 1 aliphatic rings. The van der Waals surface area contributed by atoms with Gasteiger partial charge < -0.3 is 15.5 Å². The summed E-state index contributed by atoms with van der Waals surface area (Å²) >= 11 is 0. The molecule has 2 N–H and O–H groups in total. The molecule has 0 aromatic heterocycles. The first-order chi connectivity index (χ1) is 12.5. The number of amides is 3. The molecule has 26 heavy (non-hydrogen) atoms. The lowest BCUT2D eigenvalue weighted by Crippen LogP contribution is -2.29. The van der Waals surface area contributed by atoms with Gasteiger partial charge in [0.2, 0.25) is 5.91 Å². The number of anilines is 3. The maximum Gasteiger partial charge on any atom is 0.314 e. The van der Waals surface area contributed by atoms with Crippen molar-refractivity contribution in [2.75, 3.05) is 22.1 Å². The summed E-state index contributed by atoms with van der Waals surface area (Å²) in [4.78, 5) is 37.8. The Morgan fingerprint density at radius 3 is 2.12 bits per heavy atom. The lowest BCUT2D eigenvalue weighted by Gasteiger charge is -2.16. The van der Waals surface area contributed by atoms with E-state index in [4.69, 9.17) is 0 Å². The van der Waals surface area contributed by atoms with Gasteiger partial charge in [-0.15, -0.1) is 0 Å². The minimum absolute atomic E-state index is 0.106. The van der Waals surface area contributed by atoms with Crippen LogP contribution in [0.3, 0.4) is 0 Å². The van der Waals surface area contributed by atoms with Crippen LogP contribution in [0.4, 0.5) is 17.1 Å². The van der Waals surface area contributed by atoms with Gasteiger partial charge in [-0.1, -0.05) is 18.2 Å². The van der Waals surface area contributed by atoms with Crippen molar-refractivity contribution in [1.82, 2.24) is 0 Å². The van der Waals surface area contributed by atoms with Crippen molar-refractivity contribution >= 4 is 34.8 Å². The summed E-state index contributed by atoms with van der Waals surface area (Å²) < 4.78 is 0. The second kappa shape index (κ2) is 7.39. The Morgan fingerprint density at radius 1 is 0.923 bits per heavy atom.